The molecule has 0 fully saturated rings. The number of benzene rings is 2. The van der Waals surface area contributed by atoms with Gasteiger partial charge in [0.15, 0.2) is 0 Å². The van der Waals surface area contributed by atoms with E-state index in [9.17, 15) is 4.79 Å². The minimum Gasteiger partial charge on any atom is -0.493 e. The molecule has 4 rings (SSSR count). The summed E-state index contributed by atoms with van der Waals surface area (Å²) in [6, 6.07) is 20.4. The zero-order chi connectivity index (χ0) is 17.1. The summed E-state index contributed by atoms with van der Waals surface area (Å²) in [4.78, 5) is 13.2. The summed E-state index contributed by atoms with van der Waals surface area (Å²) in [5, 5.41) is 4.98. The van der Waals surface area contributed by atoms with Crippen molar-refractivity contribution >= 4 is 22.9 Å². The summed E-state index contributed by atoms with van der Waals surface area (Å²) in [7, 11) is 0. The van der Waals surface area contributed by atoms with Gasteiger partial charge in [-0.2, -0.15) is 0 Å². The molecule has 0 spiro atoms. The Balaban J connectivity index is 1.48. The van der Waals surface area contributed by atoms with Crippen LogP contribution < -0.4 is 10.1 Å². The van der Waals surface area contributed by atoms with Crippen LogP contribution in [0, 0.1) is 0 Å². The van der Waals surface area contributed by atoms with Crippen LogP contribution in [0.15, 0.2) is 66.0 Å². The third-order valence-electron chi connectivity index (χ3n) is 4.44. The van der Waals surface area contributed by atoms with Crippen molar-refractivity contribution in [1.29, 1.82) is 0 Å². The van der Waals surface area contributed by atoms with Crippen LogP contribution >= 0.6 is 11.3 Å². The van der Waals surface area contributed by atoms with Crippen LogP contribution in [-0.2, 0) is 11.2 Å². The number of carbonyl (C=O) groups excluding carboxylic acids is 1. The molecular weight excluding hydrogens is 330 g/mol. The number of hydrogen-bond acceptors (Lipinski definition) is 3. The number of fused-ring (bicyclic) bond motifs is 1. The Bertz CT molecular complexity index is 872. The monoisotopic (exact) mass is 349 g/mol. The largest absolute Gasteiger partial charge is 0.493 e. The molecule has 0 bridgehead atoms. The van der Waals surface area contributed by atoms with Crippen molar-refractivity contribution in [3.8, 4) is 5.75 Å². The van der Waals surface area contributed by atoms with Gasteiger partial charge in [-0.15, -0.1) is 11.3 Å². The number of nitrogens with one attached hydrogen (secondary N) is 1. The zero-order valence-corrected chi connectivity index (χ0v) is 14.6. The van der Waals surface area contributed by atoms with Crippen LogP contribution in [0.25, 0.3) is 0 Å². The van der Waals surface area contributed by atoms with Crippen molar-refractivity contribution in [3.63, 3.8) is 0 Å². The van der Waals surface area contributed by atoms with Crippen LogP contribution in [0.1, 0.15) is 28.3 Å². The van der Waals surface area contributed by atoms with Crippen molar-refractivity contribution in [2.75, 3.05) is 11.9 Å². The lowest BCUT2D eigenvalue weighted by molar-refractivity contribution is -0.116. The van der Waals surface area contributed by atoms with Crippen molar-refractivity contribution in [1.82, 2.24) is 0 Å². The number of amides is 1. The van der Waals surface area contributed by atoms with Crippen molar-refractivity contribution in [2.45, 2.75) is 18.8 Å². The minimum atomic E-state index is 0.0753. The highest BCUT2D eigenvalue weighted by Gasteiger charge is 2.27. The van der Waals surface area contributed by atoms with E-state index in [0.717, 1.165) is 23.4 Å². The molecule has 1 aromatic heterocycles. The summed E-state index contributed by atoms with van der Waals surface area (Å²) in [5.41, 5.74) is 3.35. The van der Waals surface area contributed by atoms with Crippen LogP contribution in [0.5, 0.6) is 5.75 Å². The van der Waals surface area contributed by atoms with Gasteiger partial charge in [0, 0.05) is 23.6 Å². The second-order valence-electron chi connectivity index (χ2n) is 6.16. The summed E-state index contributed by atoms with van der Waals surface area (Å²) in [6.07, 6.45) is 1.37. The third-order valence-corrected chi connectivity index (χ3v) is 5.47. The number of thiophene rings is 1. The first-order valence-corrected chi connectivity index (χ1v) is 9.31. The average Bonchev–Trinajstić information content (AvgIpc) is 3.10. The molecule has 0 radical (unpaired) electrons. The van der Waals surface area contributed by atoms with E-state index in [-0.39, 0.29) is 11.8 Å². The van der Waals surface area contributed by atoms with Crippen LogP contribution in [0.4, 0.5) is 5.69 Å². The Morgan fingerprint density at radius 3 is 2.84 bits per heavy atom. The molecule has 1 amide bonds. The van der Waals surface area contributed by atoms with Gasteiger partial charge in [0.05, 0.1) is 12.3 Å². The van der Waals surface area contributed by atoms with E-state index in [1.54, 1.807) is 11.3 Å². The zero-order valence-electron chi connectivity index (χ0n) is 13.8. The lowest BCUT2D eigenvalue weighted by atomic mass is 9.90. The van der Waals surface area contributed by atoms with Gasteiger partial charge >= 0.3 is 0 Å². The summed E-state index contributed by atoms with van der Waals surface area (Å²) in [5.74, 6) is 1.05. The Kier molecular flexibility index (Phi) is 4.53. The van der Waals surface area contributed by atoms with Crippen molar-refractivity contribution in [2.24, 2.45) is 0 Å². The lowest BCUT2D eigenvalue weighted by Gasteiger charge is -2.23. The molecular formula is C21H19NO2S. The minimum absolute atomic E-state index is 0.0753. The van der Waals surface area contributed by atoms with Gasteiger partial charge in [0.2, 0.25) is 5.91 Å². The van der Waals surface area contributed by atoms with Gasteiger partial charge in [-0.25, -0.2) is 0 Å². The molecule has 25 heavy (non-hydrogen) atoms. The number of anilines is 1. The van der Waals surface area contributed by atoms with Gasteiger partial charge in [0.25, 0.3) is 0 Å². The van der Waals surface area contributed by atoms with Gasteiger partial charge in [-0.05, 0) is 34.7 Å². The second-order valence-corrected chi connectivity index (χ2v) is 7.11. The van der Waals surface area contributed by atoms with E-state index in [0.29, 0.717) is 13.0 Å². The van der Waals surface area contributed by atoms with Gasteiger partial charge < -0.3 is 10.1 Å². The van der Waals surface area contributed by atoms with E-state index in [2.05, 4.69) is 29.6 Å². The Hall–Kier alpha value is -2.59. The van der Waals surface area contributed by atoms with Crippen molar-refractivity contribution < 1.29 is 9.53 Å². The van der Waals surface area contributed by atoms with Gasteiger partial charge in [0.1, 0.15) is 5.75 Å². The maximum absolute atomic E-state index is 12.0. The number of ether oxygens (including phenoxy) is 1. The Morgan fingerprint density at radius 1 is 1.08 bits per heavy atom. The molecule has 1 atom stereocenters. The van der Waals surface area contributed by atoms with Crippen LogP contribution in [0.3, 0.4) is 0 Å². The van der Waals surface area contributed by atoms with Gasteiger partial charge in [-0.3, -0.25) is 4.79 Å². The molecule has 0 saturated carbocycles. The first kappa shape index (κ1) is 15.9. The van der Waals surface area contributed by atoms with Crippen molar-refractivity contribution in [3.05, 3.63) is 82.0 Å². The van der Waals surface area contributed by atoms with E-state index < -0.39 is 0 Å². The highest BCUT2D eigenvalue weighted by molar-refractivity contribution is 7.10. The number of carbonyl (C=O) groups is 1. The topological polar surface area (TPSA) is 38.3 Å². The highest BCUT2D eigenvalue weighted by Crippen LogP contribution is 2.41. The second kappa shape index (κ2) is 7.11. The molecule has 2 heterocycles. The van der Waals surface area contributed by atoms with E-state index in [1.165, 1.54) is 10.4 Å². The predicted octanol–water partition coefficient (Wildman–Crippen LogP) is 4.84. The Morgan fingerprint density at radius 2 is 1.96 bits per heavy atom. The quantitative estimate of drug-likeness (QED) is 0.715. The molecule has 0 unspecified atom stereocenters. The van der Waals surface area contributed by atoms with E-state index in [4.69, 9.17) is 4.74 Å². The highest BCUT2D eigenvalue weighted by atomic mass is 32.1. The molecule has 4 heteroatoms. The smallest absolute Gasteiger partial charge is 0.225 e. The van der Waals surface area contributed by atoms with E-state index in [1.807, 2.05) is 41.8 Å². The van der Waals surface area contributed by atoms with E-state index >= 15 is 0 Å². The summed E-state index contributed by atoms with van der Waals surface area (Å²) >= 11 is 1.70. The fraction of sp³-hybridized carbons (Fsp3) is 0.190. The molecule has 3 nitrogen and oxygen atoms in total. The van der Waals surface area contributed by atoms with Gasteiger partial charge in [-0.1, -0.05) is 42.5 Å². The molecule has 126 valence electrons. The first-order valence-electron chi connectivity index (χ1n) is 8.43. The fourth-order valence-electron chi connectivity index (χ4n) is 3.20. The maximum Gasteiger partial charge on any atom is 0.225 e. The molecule has 1 aliphatic rings. The fourth-order valence-corrected chi connectivity index (χ4v) is 4.18. The molecule has 3 aromatic rings. The standard InChI is InChI=1S/C21H19NO2S/c23-20-14-18(21-19(22-20)10-12-25-21)16-7-4-8-17(13-16)24-11-9-15-5-2-1-3-6-15/h1-8,10,12-13,18H,9,11,14H2,(H,22,23)/t18-/m0/s1. The van der Waals surface area contributed by atoms with Crippen LogP contribution in [-0.4, -0.2) is 12.5 Å². The predicted molar refractivity (Wildman–Crippen MR) is 101 cm³/mol. The molecule has 1 aliphatic heterocycles. The van der Waals surface area contributed by atoms with Crippen LogP contribution in [0.2, 0.25) is 0 Å². The third kappa shape index (κ3) is 3.59. The molecule has 2 aromatic carbocycles. The maximum atomic E-state index is 12.0. The molecule has 0 saturated heterocycles. The SMILES string of the molecule is O=C1C[C@@H](c2cccc(OCCc3ccccc3)c2)c2sccc2N1. The number of rotatable bonds is 5. The first-order chi connectivity index (χ1) is 12.3. The molecule has 0 aliphatic carbocycles. The summed E-state index contributed by atoms with van der Waals surface area (Å²) in [6.45, 7) is 0.642. The summed E-state index contributed by atoms with van der Waals surface area (Å²) < 4.78 is 5.94. The lowest BCUT2D eigenvalue weighted by Crippen LogP contribution is -2.21. The normalized spacial score (nSPS) is 16.2. The molecule has 1 N–H and O–H groups in total. The average molecular weight is 349 g/mol. The Labute approximate surface area is 151 Å². The number of hydrogen-bond donors (Lipinski definition) is 1.